The Hall–Kier alpha value is -1.88. The number of nitrogens with zero attached hydrogens (tertiary/aromatic N) is 3. The summed E-state index contributed by atoms with van der Waals surface area (Å²) in [6.45, 7) is 0. The Labute approximate surface area is 106 Å². The average Bonchev–Trinajstić information content (AvgIpc) is 2.71. The zero-order valence-electron chi connectivity index (χ0n) is 8.84. The van der Waals surface area contributed by atoms with E-state index >= 15 is 0 Å². The standard InChI is InChI=1S/C12H9BrN4/c13-9-4-5-11-15-16-12(17(11)7-9)8-2-1-3-10(14)6-8/h1-7H,14H2. The van der Waals surface area contributed by atoms with Gasteiger partial charge in [-0.15, -0.1) is 10.2 Å². The summed E-state index contributed by atoms with van der Waals surface area (Å²) in [4.78, 5) is 0. The molecule has 0 radical (unpaired) electrons. The van der Waals surface area contributed by atoms with Crippen molar-refractivity contribution >= 4 is 27.3 Å². The Kier molecular flexibility index (Phi) is 2.33. The van der Waals surface area contributed by atoms with Crippen molar-refractivity contribution in [3.8, 4) is 11.4 Å². The van der Waals surface area contributed by atoms with Crippen LogP contribution in [0.1, 0.15) is 0 Å². The number of nitrogen functional groups attached to an aromatic ring is 1. The van der Waals surface area contributed by atoms with Crippen LogP contribution in [0.3, 0.4) is 0 Å². The van der Waals surface area contributed by atoms with Crippen LogP contribution < -0.4 is 5.73 Å². The molecule has 3 rings (SSSR count). The number of pyridine rings is 1. The number of rotatable bonds is 1. The summed E-state index contributed by atoms with van der Waals surface area (Å²) in [5.74, 6) is 0.786. The van der Waals surface area contributed by atoms with Crippen LogP contribution in [0.5, 0.6) is 0 Å². The highest BCUT2D eigenvalue weighted by Gasteiger charge is 2.07. The monoisotopic (exact) mass is 288 g/mol. The molecule has 0 spiro atoms. The molecule has 0 saturated heterocycles. The van der Waals surface area contributed by atoms with E-state index in [9.17, 15) is 0 Å². The lowest BCUT2D eigenvalue weighted by Crippen LogP contribution is -1.91. The van der Waals surface area contributed by atoms with Gasteiger partial charge >= 0.3 is 0 Å². The summed E-state index contributed by atoms with van der Waals surface area (Å²) in [7, 11) is 0. The van der Waals surface area contributed by atoms with Gasteiger partial charge in [0.05, 0.1) is 0 Å². The second-order valence-electron chi connectivity index (χ2n) is 3.72. The van der Waals surface area contributed by atoms with Crippen LogP contribution in [-0.4, -0.2) is 14.6 Å². The SMILES string of the molecule is Nc1cccc(-c2nnc3ccc(Br)cn23)c1. The van der Waals surface area contributed by atoms with Crippen LogP contribution in [0.4, 0.5) is 5.69 Å². The maximum absolute atomic E-state index is 5.77. The van der Waals surface area contributed by atoms with E-state index < -0.39 is 0 Å². The molecule has 84 valence electrons. The average molecular weight is 289 g/mol. The molecular weight excluding hydrogens is 280 g/mol. The number of halogens is 1. The van der Waals surface area contributed by atoms with Crippen LogP contribution in [0, 0.1) is 0 Å². The molecule has 0 saturated carbocycles. The summed E-state index contributed by atoms with van der Waals surface area (Å²) in [5.41, 5.74) is 8.25. The third-order valence-corrected chi connectivity index (χ3v) is 2.98. The maximum atomic E-state index is 5.77. The normalized spacial score (nSPS) is 10.9. The molecule has 0 amide bonds. The summed E-state index contributed by atoms with van der Waals surface area (Å²) >= 11 is 3.44. The molecule has 0 aliphatic rings. The van der Waals surface area contributed by atoms with Gasteiger partial charge in [0.1, 0.15) is 0 Å². The topological polar surface area (TPSA) is 56.2 Å². The molecule has 0 atom stereocenters. The van der Waals surface area contributed by atoms with Gasteiger partial charge in [-0.05, 0) is 40.2 Å². The predicted molar refractivity (Wildman–Crippen MR) is 70.5 cm³/mol. The minimum atomic E-state index is 0.717. The van der Waals surface area contributed by atoms with Crippen molar-refractivity contribution < 1.29 is 0 Å². The number of fused-ring (bicyclic) bond motifs is 1. The fourth-order valence-electron chi connectivity index (χ4n) is 1.74. The Morgan fingerprint density at radius 1 is 1.12 bits per heavy atom. The van der Waals surface area contributed by atoms with Crippen LogP contribution in [-0.2, 0) is 0 Å². The van der Waals surface area contributed by atoms with E-state index in [1.54, 1.807) is 0 Å². The fourth-order valence-corrected chi connectivity index (χ4v) is 2.08. The molecule has 2 aromatic heterocycles. The van der Waals surface area contributed by atoms with Gasteiger partial charge in [-0.1, -0.05) is 12.1 Å². The van der Waals surface area contributed by atoms with E-state index in [2.05, 4.69) is 26.1 Å². The third kappa shape index (κ3) is 1.78. The van der Waals surface area contributed by atoms with Crippen molar-refractivity contribution in [1.29, 1.82) is 0 Å². The highest BCUT2D eigenvalue weighted by Crippen LogP contribution is 2.21. The number of anilines is 1. The lowest BCUT2D eigenvalue weighted by Gasteiger charge is -2.01. The molecule has 0 aliphatic heterocycles. The van der Waals surface area contributed by atoms with E-state index in [1.165, 1.54) is 0 Å². The highest BCUT2D eigenvalue weighted by atomic mass is 79.9. The second-order valence-corrected chi connectivity index (χ2v) is 4.64. The van der Waals surface area contributed by atoms with Crippen molar-refractivity contribution in [3.63, 3.8) is 0 Å². The highest BCUT2D eigenvalue weighted by molar-refractivity contribution is 9.10. The molecule has 0 bridgehead atoms. The number of aromatic nitrogens is 3. The smallest absolute Gasteiger partial charge is 0.168 e. The first-order chi connectivity index (χ1) is 8.24. The van der Waals surface area contributed by atoms with Gasteiger partial charge in [0.2, 0.25) is 0 Å². The minimum Gasteiger partial charge on any atom is -0.399 e. The van der Waals surface area contributed by atoms with Crippen molar-refractivity contribution in [1.82, 2.24) is 14.6 Å². The van der Waals surface area contributed by atoms with E-state index in [1.807, 2.05) is 47.0 Å². The van der Waals surface area contributed by atoms with Gasteiger partial charge in [0.25, 0.3) is 0 Å². The molecular formula is C12H9BrN4. The van der Waals surface area contributed by atoms with Gasteiger partial charge in [-0.25, -0.2) is 0 Å². The Morgan fingerprint density at radius 3 is 2.82 bits per heavy atom. The quantitative estimate of drug-likeness (QED) is 0.701. The number of benzene rings is 1. The van der Waals surface area contributed by atoms with Crippen molar-refractivity contribution in [2.75, 3.05) is 5.73 Å². The number of nitrogens with two attached hydrogens (primary N) is 1. The largest absolute Gasteiger partial charge is 0.399 e. The fraction of sp³-hybridized carbons (Fsp3) is 0. The summed E-state index contributed by atoms with van der Waals surface area (Å²) in [6, 6.07) is 11.5. The van der Waals surface area contributed by atoms with Crippen molar-refractivity contribution in [3.05, 3.63) is 47.1 Å². The number of hydrogen-bond donors (Lipinski definition) is 1. The van der Waals surface area contributed by atoms with Crippen molar-refractivity contribution in [2.45, 2.75) is 0 Å². The van der Waals surface area contributed by atoms with Crippen LogP contribution in [0.15, 0.2) is 47.1 Å². The zero-order valence-corrected chi connectivity index (χ0v) is 10.4. The molecule has 2 N–H and O–H groups in total. The first-order valence-electron chi connectivity index (χ1n) is 5.10. The lowest BCUT2D eigenvalue weighted by atomic mass is 10.2. The molecule has 5 heteroatoms. The maximum Gasteiger partial charge on any atom is 0.168 e. The van der Waals surface area contributed by atoms with Crippen LogP contribution >= 0.6 is 15.9 Å². The van der Waals surface area contributed by atoms with Gasteiger partial charge in [-0.2, -0.15) is 0 Å². The van der Waals surface area contributed by atoms with Crippen LogP contribution in [0.2, 0.25) is 0 Å². The third-order valence-electron chi connectivity index (χ3n) is 2.51. The van der Waals surface area contributed by atoms with E-state index in [0.717, 1.165) is 21.5 Å². The van der Waals surface area contributed by atoms with E-state index in [-0.39, 0.29) is 0 Å². The first-order valence-corrected chi connectivity index (χ1v) is 5.89. The molecule has 2 heterocycles. The Morgan fingerprint density at radius 2 is 2.00 bits per heavy atom. The zero-order chi connectivity index (χ0) is 11.8. The summed E-state index contributed by atoms with van der Waals surface area (Å²) in [6.07, 6.45) is 1.94. The summed E-state index contributed by atoms with van der Waals surface area (Å²) < 4.78 is 2.91. The molecule has 4 nitrogen and oxygen atoms in total. The second kappa shape index (κ2) is 3.85. The van der Waals surface area contributed by atoms with Gasteiger partial charge < -0.3 is 5.73 Å². The minimum absolute atomic E-state index is 0.717. The summed E-state index contributed by atoms with van der Waals surface area (Å²) in [5, 5.41) is 8.30. The number of hydrogen-bond acceptors (Lipinski definition) is 3. The van der Waals surface area contributed by atoms with Crippen LogP contribution in [0.25, 0.3) is 17.0 Å². The van der Waals surface area contributed by atoms with Gasteiger partial charge in [-0.3, -0.25) is 4.40 Å². The lowest BCUT2D eigenvalue weighted by molar-refractivity contribution is 1.11. The van der Waals surface area contributed by atoms with Gasteiger partial charge in [0, 0.05) is 21.9 Å². The molecule has 0 fully saturated rings. The molecule has 17 heavy (non-hydrogen) atoms. The molecule has 0 unspecified atom stereocenters. The predicted octanol–water partition coefficient (Wildman–Crippen LogP) is 2.74. The van der Waals surface area contributed by atoms with E-state index in [0.29, 0.717) is 5.69 Å². The first kappa shape index (κ1) is 10.3. The Balaban J connectivity index is 2.27. The molecule has 1 aromatic carbocycles. The van der Waals surface area contributed by atoms with Crippen molar-refractivity contribution in [2.24, 2.45) is 0 Å². The molecule has 0 aliphatic carbocycles. The molecule has 3 aromatic rings. The van der Waals surface area contributed by atoms with Gasteiger partial charge in [0.15, 0.2) is 11.5 Å². The van der Waals surface area contributed by atoms with E-state index in [4.69, 9.17) is 5.73 Å². The Bertz CT molecular complexity index is 690.